The Balaban J connectivity index is 0.000000596. The Hall–Kier alpha value is -6.16. The van der Waals surface area contributed by atoms with Gasteiger partial charge in [0.05, 0.1) is 0 Å². The van der Waals surface area contributed by atoms with Crippen molar-refractivity contribution in [2.24, 2.45) is 0 Å². The summed E-state index contributed by atoms with van der Waals surface area (Å²) in [5.74, 6) is 4.96. The molecule has 0 amide bonds. The fourth-order valence-corrected chi connectivity index (χ4v) is 13.3. The minimum absolute atomic E-state index is 0.0793. The van der Waals surface area contributed by atoms with E-state index in [0.29, 0.717) is 53.3 Å². The molecule has 8 aromatic rings. The third-order valence-corrected chi connectivity index (χ3v) is 19.5. The van der Waals surface area contributed by atoms with Crippen LogP contribution in [-0.4, -0.2) is 0 Å². The van der Waals surface area contributed by atoms with E-state index in [1.165, 1.54) is 89.0 Å². The van der Waals surface area contributed by atoms with E-state index in [0.717, 1.165) is 27.3 Å². The second-order valence-corrected chi connectivity index (χ2v) is 36.8. The van der Waals surface area contributed by atoms with Crippen LogP contribution in [0.25, 0.3) is 0 Å². The molecule has 0 spiro atoms. The van der Waals surface area contributed by atoms with Crippen LogP contribution in [0, 0.1) is 59.0 Å². The van der Waals surface area contributed by atoms with Crippen LogP contribution in [0.15, 0.2) is 146 Å². The van der Waals surface area contributed by atoms with Crippen molar-refractivity contribution >= 4 is 11.6 Å². The van der Waals surface area contributed by atoms with Gasteiger partial charge in [-0.1, -0.05) is 354 Å². The van der Waals surface area contributed by atoms with Gasteiger partial charge in [-0.25, -0.2) is 13.2 Å². The van der Waals surface area contributed by atoms with Crippen molar-refractivity contribution in [3.63, 3.8) is 0 Å². The van der Waals surface area contributed by atoms with E-state index in [9.17, 15) is 13.2 Å². The fourth-order valence-electron chi connectivity index (χ4n) is 13.0. The first kappa shape index (κ1) is 95.9. The lowest BCUT2D eigenvalue weighted by molar-refractivity contribution is 0.520. The Labute approximate surface area is 644 Å². The summed E-state index contributed by atoms with van der Waals surface area (Å²) < 4.78 is 40.2. The number of hydrogen-bond donors (Lipinski definition) is 0. The SMILES string of the molecule is CC(C)c1cc(C(C)(C)C)ccc1Cl.CC(C)c1cc(C(C)(C)C)ccc1F.CC(C)c1ccc(F)cc1C(C)C.CC(C)c1ccccc1C(C)C.Cc1cc(C)c(C(C)C)c(C)c1.Cc1cc(F)c(C(C)(C)C)cc1C(C)C.Cc1ccc(C(C)(C)C)cc1C(C)C.Cc1ccccc1C(C)C. The van der Waals surface area contributed by atoms with Crippen LogP contribution in [0.4, 0.5) is 13.2 Å². The highest BCUT2D eigenvalue weighted by molar-refractivity contribution is 6.31. The molecule has 0 aliphatic rings. The van der Waals surface area contributed by atoms with Crippen LogP contribution < -0.4 is 0 Å². The summed E-state index contributed by atoms with van der Waals surface area (Å²) in [5.41, 5.74) is 26.5. The Bertz CT molecular complexity index is 3640. The molecule has 0 N–H and O–H groups in total. The molecule has 0 saturated heterocycles. The van der Waals surface area contributed by atoms with Crippen molar-refractivity contribution in [1.82, 2.24) is 0 Å². The zero-order valence-electron chi connectivity index (χ0n) is 73.1. The van der Waals surface area contributed by atoms with Gasteiger partial charge < -0.3 is 0 Å². The summed E-state index contributed by atoms with van der Waals surface area (Å²) in [4.78, 5) is 0. The van der Waals surface area contributed by atoms with Gasteiger partial charge in [0.25, 0.3) is 0 Å². The molecular weight excluding hydrogens is 1290 g/mol. The first-order valence-corrected chi connectivity index (χ1v) is 39.5. The quantitative estimate of drug-likeness (QED) is 0.128. The zero-order valence-corrected chi connectivity index (χ0v) is 73.9. The maximum Gasteiger partial charge on any atom is 0.127 e. The topological polar surface area (TPSA) is 0 Å². The van der Waals surface area contributed by atoms with Crippen molar-refractivity contribution in [3.05, 3.63) is 279 Å². The first-order chi connectivity index (χ1) is 47.6. The van der Waals surface area contributed by atoms with Crippen LogP contribution in [-0.2, 0) is 21.7 Å². The summed E-state index contributed by atoms with van der Waals surface area (Å²) in [5, 5.41) is 0.882. The molecule has 0 nitrogen and oxygen atoms in total. The maximum atomic E-state index is 13.8. The molecule has 0 radical (unpaired) electrons. The van der Waals surface area contributed by atoms with E-state index in [4.69, 9.17) is 11.6 Å². The van der Waals surface area contributed by atoms with Crippen molar-refractivity contribution < 1.29 is 13.2 Å². The first-order valence-electron chi connectivity index (χ1n) is 39.1. The second kappa shape index (κ2) is 43.0. The molecule has 0 fully saturated rings. The van der Waals surface area contributed by atoms with Crippen molar-refractivity contribution in [2.45, 2.75) is 344 Å². The largest absolute Gasteiger partial charge is 0.207 e. The molecule has 0 aliphatic heterocycles. The van der Waals surface area contributed by atoms with Crippen LogP contribution in [0.3, 0.4) is 0 Å². The van der Waals surface area contributed by atoms with Crippen LogP contribution in [0.2, 0.25) is 5.02 Å². The molecule has 0 unspecified atom stereocenters. The summed E-state index contributed by atoms with van der Waals surface area (Å²) >= 11 is 6.14. The smallest absolute Gasteiger partial charge is 0.127 e. The molecule has 8 rings (SSSR count). The molecule has 0 heterocycles. The van der Waals surface area contributed by atoms with E-state index in [1.807, 2.05) is 71.9 Å². The monoisotopic (exact) mass is 1440 g/mol. The molecule has 0 aromatic heterocycles. The number of rotatable bonds is 10. The molecule has 0 bridgehead atoms. The average Bonchev–Trinajstić information content (AvgIpc) is 0.809. The van der Waals surface area contributed by atoms with E-state index >= 15 is 0 Å². The molecule has 576 valence electrons. The van der Waals surface area contributed by atoms with Gasteiger partial charge in [-0.15, -0.1) is 0 Å². The van der Waals surface area contributed by atoms with Crippen LogP contribution in [0.5, 0.6) is 0 Å². The number of benzene rings is 8. The van der Waals surface area contributed by atoms with Crippen molar-refractivity contribution in [2.75, 3.05) is 0 Å². The Kier molecular flexibility index (Phi) is 39.6. The number of halogens is 4. The van der Waals surface area contributed by atoms with Gasteiger partial charge in [0.2, 0.25) is 0 Å². The molecule has 0 aliphatic carbocycles. The van der Waals surface area contributed by atoms with Gasteiger partial charge in [0, 0.05) is 5.02 Å². The van der Waals surface area contributed by atoms with E-state index in [2.05, 4.69) is 313 Å². The van der Waals surface area contributed by atoms with Crippen molar-refractivity contribution in [3.8, 4) is 0 Å². The highest BCUT2D eigenvalue weighted by atomic mass is 35.5. The summed E-state index contributed by atoms with van der Waals surface area (Å²) in [6, 6.07) is 49.2. The van der Waals surface area contributed by atoms with Gasteiger partial charge >= 0.3 is 0 Å². The van der Waals surface area contributed by atoms with E-state index in [1.54, 1.807) is 24.3 Å². The Morgan fingerprint density at radius 3 is 0.952 bits per heavy atom. The van der Waals surface area contributed by atoms with Gasteiger partial charge in [0.1, 0.15) is 17.5 Å². The number of hydrogen-bond acceptors (Lipinski definition) is 0. The summed E-state index contributed by atoms with van der Waals surface area (Å²) in [6.45, 7) is 82.6. The summed E-state index contributed by atoms with van der Waals surface area (Å²) in [6.07, 6.45) is 0. The molecule has 4 heteroatoms. The van der Waals surface area contributed by atoms with Crippen LogP contribution in [0.1, 0.15) is 392 Å². The predicted molar refractivity (Wildman–Crippen MR) is 461 cm³/mol. The van der Waals surface area contributed by atoms with Crippen molar-refractivity contribution in [1.29, 1.82) is 0 Å². The standard InChI is InChI=1S/C14H21F.C14H22.C13H19Cl.C13H19F.C12H17F.2C12H18.C10H14/c1-9(2)11-8-12(14(4,5)6)13(15)7-10(11)3;1-10(2)13-9-12(14(4,5)6)8-7-11(13)3;2*1-9(2)11-8-10(13(3,4)5)6-7-12(11)14;1-8(2)11-6-5-10(13)7-12(11)9(3)4;1-8(2)12-10(4)6-9(3)7-11(12)5;1-9(2)11-7-5-6-8-12(11)10(3)4;1-8(2)10-7-5-4-6-9(10)3/h7-9H,1-6H3;7-10H,1-6H3;2*6-9H,1-5H3;5-9H,1-4H3;6-8H,1-5H3;5-10H,1-4H3;4-8H,1-3H3. The van der Waals surface area contributed by atoms with Gasteiger partial charge in [-0.05, 0) is 258 Å². The third kappa shape index (κ3) is 32.1. The minimum atomic E-state index is -0.131. The molecule has 8 aromatic carbocycles. The fraction of sp³-hybridized carbons (Fsp3) is 0.520. The van der Waals surface area contributed by atoms with E-state index in [-0.39, 0.29) is 45.0 Å². The van der Waals surface area contributed by atoms with Gasteiger partial charge in [-0.2, -0.15) is 0 Å². The molecular formula is C100H148ClF3. The van der Waals surface area contributed by atoms with Crippen LogP contribution >= 0.6 is 11.6 Å². The zero-order chi connectivity index (χ0) is 80.6. The summed E-state index contributed by atoms with van der Waals surface area (Å²) in [7, 11) is 0. The molecule has 0 saturated carbocycles. The van der Waals surface area contributed by atoms with Gasteiger partial charge in [0.15, 0.2) is 0 Å². The maximum absolute atomic E-state index is 13.8. The number of aryl methyl sites for hydroxylation is 6. The molecule has 104 heavy (non-hydrogen) atoms. The lowest BCUT2D eigenvalue weighted by Gasteiger charge is -2.22. The lowest BCUT2D eigenvalue weighted by Crippen LogP contribution is -2.15. The highest BCUT2D eigenvalue weighted by Crippen LogP contribution is 2.35. The third-order valence-electron chi connectivity index (χ3n) is 19.2. The highest BCUT2D eigenvalue weighted by Gasteiger charge is 2.22. The Morgan fingerprint density at radius 2 is 0.587 bits per heavy atom. The minimum Gasteiger partial charge on any atom is -0.207 e. The average molecular weight is 1440 g/mol. The van der Waals surface area contributed by atoms with E-state index < -0.39 is 0 Å². The Morgan fingerprint density at radius 1 is 0.250 bits per heavy atom. The lowest BCUT2D eigenvalue weighted by atomic mass is 9.83. The molecule has 0 atom stereocenters. The second-order valence-electron chi connectivity index (χ2n) is 36.4. The van der Waals surface area contributed by atoms with Gasteiger partial charge in [-0.3, -0.25) is 0 Å². The normalized spacial score (nSPS) is 11.7. The predicted octanol–water partition coefficient (Wildman–Crippen LogP) is 32.8.